The predicted octanol–water partition coefficient (Wildman–Crippen LogP) is -4.10. The van der Waals surface area contributed by atoms with Crippen LogP contribution in [0.4, 0.5) is 0 Å². The van der Waals surface area contributed by atoms with Gasteiger partial charge in [-0.15, -0.1) is 12.4 Å². The van der Waals surface area contributed by atoms with Crippen molar-refractivity contribution >= 4 is 65.4 Å². The Bertz CT molecular complexity index is 1930. The molecule has 508 valence electrons. The number of halogens is 2. The maximum Gasteiger partial charge on any atom is 0.244 e. The number of carbonyl (C=O) groups excluding carboxylic acids is 9. The van der Waals surface area contributed by atoms with Crippen molar-refractivity contribution in [2.45, 2.75) is 57.5 Å². The number of aliphatic hydroxyl groups excluding tert-OH is 5. The standard InChI is InChI=1S/C9H18N2O.C9H15NO2.2C8H16N2O.C7H14N2O.C7H13NO4.C6H11NO2.C5H9NO2.2ClH/c1-5-9(12)10-7-6-8-11(2,3)4;1-5-8(12)10-9(3,4)6-7(2)11;1-5-8(11)9-6-7-10(2,3)4;1-4-8(11)9-6-5-7-10(2)3;1-4-7(10)8-5-6-9(2)3;1-2-6(12)8-7(3-9,4-10)5-11;1-2-6(9)7-4-3-5-8;1-2-5(8)6-3-4-7;;/h5H,1,6-8H2,2-4H3;5H,1,6H2,2-4H3,(H,10,12);5H,1,6-7H2,2-4H3;4H,1,5-7H2,2-3H3,(H,9,11);4H,1,5-6H2,2-3H3,(H,8,10);2,9-11H,1,3-5H2,(H,8,12);2,8H,1,3-5H2,(H,7,9);2,7H,1,3-4H2,(H,6,8);2*1H/p+1. The van der Waals surface area contributed by atoms with Gasteiger partial charge in [0.1, 0.15) is 11.3 Å². The number of nitrogens with zero attached hydrogens (tertiary/aromatic N) is 4. The van der Waals surface area contributed by atoms with Gasteiger partial charge in [0, 0.05) is 64.3 Å². The van der Waals surface area contributed by atoms with Crippen LogP contribution in [0.5, 0.6) is 0 Å². The van der Waals surface area contributed by atoms with E-state index in [1.54, 1.807) is 13.8 Å². The highest BCUT2D eigenvalue weighted by Crippen LogP contribution is 2.08. The highest BCUT2D eigenvalue weighted by Gasteiger charge is 2.29. The summed E-state index contributed by atoms with van der Waals surface area (Å²) in [5.74, 6) is -1.57. The SMILES string of the molecule is C=CC(=O)NC(C)(C)CC(C)=O.C=CC(=O)NC(CO)(CO)CO.C=CC(=O)NCCCN(C)C.C=CC(=O)NCCCO.C=CC(=O)NCCC[N+](C)(C)C.C=CC(=O)NCCN(C)C.C=CC(=O)NCCO.C=CC(=O)NCC[N+](C)(C)C.Cl.[Cl-]. The van der Waals surface area contributed by atoms with E-state index in [0.29, 0.717) is 39.0 Å². The number of carbonyl (C=O) groups is 9. The number of Topliss-reactive ketones (excluding diaryl/α,β-unsaturated/α-hetero) is 1. The maximum atomic E-state index is 10.9. The molecule has 0 aromatic heterocycles. The second-order valence-electron chi connectivity index (χ2n) is 21.0. The van der Waals surface area contributed by atoms with Gasteiger partial charge in [-0.05, 0) is 117 Å². The van der Waals surface area contributed by atoms with Crippen molar-refractivity contribution in [2.75, 3.05) is 169 Å². The third-order valence-corrected chi connectivity index (χ3v) is 9.30. The van der Waals surface area contributed by atoms with Crippen LogP contribution >= 0.6 is 12.4 Å². The molecule has 26 nitrogen and oxygen atoms in total. The van der Waals surface area contributed by atoms with Gasteiger partial charge in [-0.3, -0.25) is 43.2 Å². The molecule has 13 N–H and O–H groups in total. The van der Waals surface area contributed by atoms with Crippen molar-refractivity contribution < 1.29 is 90.1 Å². The molecule has 8 amide bonds. The highest BCUT2D eigenvalue weighted by molar-refractivity contribution is 5.90. The van der Waals surface area contributed by atoms with Gasteiger partial charge in [0.2, 0.25) is 47.3 Å². The van der Waals surface area contributed by atoms with E-state index in [0.717, 1.165) is 73.2 Å². The van der Waals surface area contributed by atoms with Crippen LogP contribution in [0.25, 0.3) is 0 Å². The largest absolute Gasteiger partial charge is 1.00 e. The molecule has 0 rings (SSSR count). The number of amides is 8. The van der Waals surface area contributed by atoms with E-state index in [2.05, 4.69) is 142 Å². The molecule has 0 fully saturated rings. The minimum Gasteiger partial charge on any atom is -1.00 e. The van der Waals surface area contributed by atoms with Crippen molar-refractivity contribution in [1.82, 2.24) is 52.3 Å². The maximum absolute atomic E-state index is 10.9. The fourth-order valence-electron chi connectivity index (χ4n) is 4.82. The Hall–Kier alpha value is -6.43. The summed E-state index contributed by atoms with van der Waals surface area (Å²) in [6.45, 7) is 37.5. The van der Waals surface area contributed by atoms with E-state index in [-0.39, 0.29) is 85.2 Å². The van der Waals surface area contributed by atoms with Gasteiger partial charge in [0.25, 0.3) is 0 Å². The molecule has 0 heterocycles. The number of nitrogens with one attached hydrogen (secondary N) is 8. The summed E-state index contributed by atoms with van der Waals surface area (Å²) >= 11 is 0. The van der Waals surface area contributed by atoms with Gasteiger partial charge < -0.3 is 99.2 Å². The van der Waals surface area contributed by atoms with Gasteiger partial charge in [-0.1, -0.05) is 52.6 Å². The fraction of sp³-hybridized carbons (Fsp3) is 0.576. The van der Waals surface area contributed by atoms with Gasteiger partial charge >= 0.3 is 0 Å². The Balaban J connectivity index is -0.0000000973. The first-order chi connectivity index (χ1) is 39.4. The van der Waals surface area contributed by atoms with Crippen LogP contribution < -0.4 is 54.9 Å². The first-order valence-electron chi connectivity index (χ1n) is 27.1. The van der Waals surface area contributed by atoms with Gasteiger partial charge in [-0.2, -0.15) is 0 Å². The summed E-state index contributed by atoms with van der Waals surface area (Å²) in [7, 11) is 20.6. The summed E-state index contributed by atoms with van der Waals surface area (Å²) in [5, 5.41) is 63.3. The normalized spacial score (nSPS) is 9.79. The van der Waals surface area contributed by atoms with Gasteiger partial charge in [0.05, 0.1) is 88.3 Å². The van der Waals surface area contributed by atoms with E-state index in [4.69, 9.17) is 25.5 Å². The van der Waals surface area contributed by atoms with Crippen LogP contribution in [-0.4, -0.2) is 277 Å². The van der Waals surface area contributed by atoms with Crippen LogP contribution in [0.15, 0.2) is 101 Å². The molecule has 0 unspecified atom stereocenters. The van der Waals surface area contributed by atoms with E-state index in [1.165, 1.54) is 43.4 Å². The van der Waals surface area contributed by atoms with E-state index in [9.17, 15) is 43.2 Å². The number of hydrogen-bond donors (Lipinski definition) is 13. The van der Waals surface area contributed by atoms with Crippen LogP contribution in [0.2, 0.25) is 0 Å². The lowest BCUT2D eigenvalue weighted by molar-refractivity contribution is -0.870. The fourth-order valence-corrected chi connectivity index (χ4v) is 4.82. The summed E-state index contributed by atoms with van der Waals surface area (Å²) in [4.78, 5) is 99.6. The number of ketones is 1. The average molecular weight is 1290 g/mol. The molecule has 0 aliphatic rings. The van der Waals surface area contributed by atoms with Crippen molar-refractivity contribution in [3.63, 3.8) is 0 Å². The minimum atomic E-state index is -1.36. The number of hydrogen-bond acceptors (Lipinski definition) is 16. The second kappa shape index (κ2) is 67.1. The molecule has 0 aromatic rings. The lowest BCUT2D eigenvalue weighted by atomic mass is 9.98. The topological polar surface area (TPSA) is 357 Å². The molecule has 0 aliphatic carbocycles. The lowest BCUT2D eigenvalue weighted by Crippen LogP contribution is -3.00. The minimum absolute atomic E-state index is 0. The quantitative estimate of drug-likeness (QED) is 0.0166. The molecule has 0 spiro atoms. The lowest BCUT2D eigenvalue weighted by Gasteiger charge is -2.27. The average Bonchev–Trinajstić information content (AvgIpc) is 3.56. The first kappa shape index (κ1) is 102. The number of likely N-dealkylation sites (N-methyl/N-ethyl adjacent to an activating group) is 2. The molecule has 0 aliphatic heterocycles. The zero-order chi connectivity index (χ0) is 68.1. The molecule has 0 bridgehead atoms. The Kier molecular flexibility index (Phi) is 79.0. The predicted molar refractivity (Wildman–Crippen MR) is 347 cm³/mol. The molecule has 0 saturated carbocycles. The van der Waals surface area contributed by atoms with Crippen molar-refractivity contribution in [3.8, 4) is 0 Å². The van der Waals surface area contributed by atoms with Crippen LogP contribution in [0.1, 0.15) is 46.5 Å². The monoisotopic (exact) mass is 1290 g/mol. The Morgan fingerprint density at radius 2 is 0.713 bits per heavy atom. The van der Waals surface area contributed by atoms with Crippen molar-refractivity contribution in [3.05, 3.63) is 101 Å². The number of quaternary nitrogens is 2. The zero-order valence-corrected chi connectivity index (χ0v) is 56.3. The molecular formula is C59H115Cl2N12O14+. The molecule has 0 atom stereocenters. The molecule has 28 heteroatoms. The van der Waals surface area contributed by atoms with Crippen molar-refractivity contribution in [1.29, 1.82) is 0 Å². The molecule has 87 heavy (non-hydrogen) atoms. The molecule has 0 aromatic carbocycles. The second-order valence-corrected chi connectivity index (χ2v) is 21.0. The molecule has 0 saturated heterocycles. The van der Waals surface area contributed by atoms with Crippen LogP contribution in [0.3, 0.4) is 0 Å². The van der Waals surface area contributed by atoms with Crippen LogP contribution in [0, 0.1) is 0 Å². The Morgan fingerprint density at radius 3 is 1.00 bits per heavy atom. The summed E-state index contributed by atoms with van der Waals surface area (Å²) in [6, 6.07) is 0. The van der Waals surface area contributed by atoms with E-state index in [1.807, 2.05) is 33.1 Å². The molecular weight excluding hydrogens is 1170 g/mol. The van der Waals surface area contributed by atoms with Gasteiger partial charge in [-0.25, -0.2) is 0 Å². The first-order valence-corrected chi connectivity index (χ1v) is 27.1. The number of aliphatic hydroxyl groups is 5. The highest BCUT2D eigenvalue weighted by atomic mass is 35.5. The van der Waals surface area contributed by atoms with Crippen LogP contribution in [-0.2, 0) is 43.2 Å². The van der Waals surface area contributed by atoms with E-state index >= 15 is 0 Å². The zero-order valence-electron chi connectivity index (χ0n) is 54.7. The van der Waals surface area contributed by atoms with Crippen molar-refractivity contribution in [2.24, 2.45) is 0 Å². The van der Waals surface area contributed by atoms with E-state index < -0.39 is 36.8 Å². The third-order valence-electron chi connectivity index (χ3n) is 9.30. The van der Waals surface area contributed by atoms with Gasteiger partial charge in [0.15, 0.2) is 0 Å². The molecule has 0 radical (unpaired) electrons. The smallest absolute Gasteiger partial charge is 0.244 e. The Morgan fingerprint density at radius 1 is 0.414 bits per heavy atom. The summed E-state index contributed by atoms with van der Waals surface area (Å²) in [5.41, 5.74) is -1.83. The summed E-state index contributed by atoms with van der Waals surface area (Å²) < 4.78 is 1.79. The summed E-state index contributed by atoms with van der Waals surface area (Å²) in [6.07, 6.45) is 12.6. The Labute approximate surface area is 533 Å². The number of rotatable bonds is 34. The third kappa shape index (κ3) is 96.1.